The van der Waals surface area contributed by atoms with Crippen LogP contribution in [0.2, 0.25) is 5.02 Å². The summed E-state index contributed by atoms with van der Waals surface area (Å²) in [7, 11) is 0. The molecule has 0 fully saturated rings. The van der Waals surface area contributed by atoms with E-state index in [2.05, 4.69) is 0 Å². The van der Waals surface area contributed by atoms with Gasteiger partial charge in [0.1, 0.15) is 0 Å². The zero-order chi connectivity index (χ0) is 10.8. The normalized spacial score (nSPS) is 10.5. The van der Waals surface area contributed by atoms with Crippen molar-refractivity contribution in [3.05, 3.63) is 47.0 Å². The van der Waals surface area contributed by atoms with Crippen molar-refractivity contribution in [3.8, 4) is 0 Å². The van der Waals surface area contributed by atoms with Gasteiger partial charge in [0, 0.05) is 11.4 Å². The van der Waals surface area contributed by atoms with Crippen molar-refractivity contribution < 1.29 is 4.79 Å². The Labute approximate surface area is 97.6 Å². The number of fused-ring (bicyclic) bond motifs is 1. The number of carbonyl (C=O) groups excluding carboxylic acids is 1. The SMILES string of the molecule is O=C(Cl)Cc1ccc2cc(Cl)ccc2c1. The fourth-order valence-electron chi connectivity index (χ4n) is 1.54. The van der Waals surface area contributed by atoms with E-state index >= 15 is 0 Å². The highest BCUT2D eigenvalue weighted by atomic mass is 35.5. The van der Waals surface area contributed by atoms with Crippen molar-refractivity contribution >= 4 is 39.2 Å². The van der Waals surface area contributed by atoms with Crippen LogP contribution < -0.4 is 0 Å². The molecule has 2 rings (SSSR count). The fourth-order valence-corrected chi connectivity index (χ4v) is 1.87. The number of hydrogen-bond acceptors (Lipinski definition) is 1. The highest BCUT2D eigenvalue weighted by molar-refractivity contribution is 6.63. The van der Waals surface area contributed by atoms with Gasteiger partial charge in [0.05, 0.1) is 0 Å². The molecule has 0 saturated heterocycles. The summed E-state index contributed by atoms with van der Waals surface area (Å²) in [5, 5.41) is 2.50. The molecule has 0 spiro atoms. The maximum Gasteiger partial charge on any atom is 0.226 e. The average Bonchev–Trinajstić information content (AvgIpc) is 2.17. The quantitative estimate of drug-likeness (QED) is 0.728. The number of carbonyl (C=O) groups is 1. The van der Waals surface area contributed by atoms with Crippen molar-refractivity contribution in [1.29, 1.82) is 0 Å². The van der Waals surface area contributed by atoms with E-state index < -0.39 is 0 Å². The molecular weight excluding hydrogens is 231 g/mol. The van der Waals surface area contributed by atoms with Crippen LogP contribution >= 0.6 is 23.2 Å². The third-order valence-electron chi connectivity index (χ3n) is 2.21. The van der Waals surface area contributed by atoms with Gasteiger partial charge in [-0.05, 0) is 40.1 Å². The molecule has 76 valence electrons. The maximum absolute atomic E-state index is 10.7. The van der Waals surface area contributed by atoms with Crippen molar-refractivity contribution in [2.45, 2.75) is 6.42 Å². The highest BCUT2D eigenvalue weighted by Gasteiger charge is 2.01. The van der Waals surface area contributed by atoms with Crippen LogP contribution in [0.4, 0.5) is 0 Å². The predicted octanol–water partition coefficient (Wildman–Crippen LogP) is 3.80. The molecule has 15 heavy (non-hydrogen) atoms. The molecule has 0 unspecified atom stereocenters. The van der Waals surface area contributed by atoms with Crippen LogP contribution in [0.15, 0.2) is 36.4 Å². The van der Waals surface area contributed by atoms with E-state index in [4.69, 9.17) is 23.2 Å². The van der Waals surface area contributed by atoms with Gasteiger partial charge < -0.3 is 0 Å². The molecule has 0 bridgehead atoms. The van der Waals surface area contributed by atoms with Gasteiger partial charge in [-0.1, -0.05) is 35.9 Å². The van der Waals surface area contributed by atoms with Gasteiger partial charge in [-0.2, -0.15) is 0 Å². The largest absolute Gasteiger partial charge is 0.281 e. The van der Waals surface area contributed by atoms with Crippen LogP contribution in [0.1, 0.15) is 5.56 Å². The molecule has 0 N–H and O–H groups in total. The predicted molar refractivity (Wildman–Crippen MR) is 63.5 cm³/mol. The zero-order valence-electron chi connectivity index (χ0n) is 7.84. The topological polar surface area (TPSA) is 17.1 Å². The van der Waals surface area contributed by atoms with Crippen LogP contribution in [-0.4, -0.2) is 5.24 Å². The molecule has 0 saturated carbocycles. The Morgan fingerprint density at radius 1 is 1.07 bits per heavy atom. The van der Waals surface area contributed by atoms with E-state index in [1.54, 1.807) is 0 Å². The molecule has 0 amide bonds. The Morgan fingerprint density at radius 3 is 2.47 bits per heavy atom. The minimum Gasteiger partial charge on any atom is -0.281 e. The zero-order valence-corrected chi connectivity index (χ0v) is 9.35. The molecular formula is C12H8Cl2O. The van der Waals surface area contributed by atoms with Gasteiger partial charge in [0.15, 0.2) is 0 Å². The molecule has 0 aromatic heterocycles. The molecule has 0 aliphatic carbocycles. The van der Waals surface area contributed by atoms with E-state index in [1.807, 2.05) is 36.4 Å². The second-order valence-corrected chi connectivity index (χ2v) is 4.22. The van der Waals surface area contributed by atoms with E-state index in [9.17, 15) is 4.79 Å². The molecule has 2 aromatic rings. The van der Waals surface area contributed by atoms with Crippen LogP contribution in [0.5, 0.6) is 0 Å². The van der Waals surface area contributed by atoms with Crippen molar-refractivity contribution in [3.63, 3.8) is 0 Å². The Bertz CT molecular complexity index is 520. The second kappa shape index (κ2) is 4.21. The molecule has 3 heteroatoms. The number of rotatable bonds is 2. The van der Waals surface area contributed by atoms with Crippen LogP contribution in [-0.2, 0) is 11.2 Å². The summed E-state index contributed by atoms with van der Waals surface area (Å²) in [6.07, 6.45) is 0.264. The lowest BCUT2D eigenvalue weighted by Crippen LogP contribution is -1.92. The van der Waals surface area contributed by atoms with Gasteiger partial charge in [0.25, 0.3) is 0 Å². The minimum absolute atomic E-state index is 0.264. The summed E-state index contributed by atoms with van der Waals surface area (Å²) >= 11 is 11.2. The molecule has 0 atom stereocenters. The molecule has 2 aromatic carbocycles. The van der Waals surface area contributed by atoms with Crippen LogP contribution in [0.3, 0.4) is 0 Å². The Morgan fingerprint density at radius 2 is 1.73 bits per heavy atom. The number of benzene rings is 2. The molecule has 0 aliphatic rings. The molecule has 0 aliphatic heterocycles. The van der Waals surface area contributed by atoms with E-state index in [0.29, 0.717) is 5.02 Å². The monoisotopic (exact) mass is 238 g/mol. The molecule has 1 nitrogen and oxygen atoms in total. The second-order valence-electron chi connectivity index (χ2n) is 3.36. The first-order chi connectivity index (χ1) is 7.15. The van der Waals surface area contributed by atoms with Gasteiger partial charge >= 0.3 is 0 Å². The summed E-state index contributed by atoms with van der Waals surface area (Å²) < 4.78 is 0. The average molecular weight is 239 g/mol. The van der Waals surface area contributed by atoms with Gasteiger partial charge in [-0.25, -0.2) is 0 Å². The Kier molecular flexibility index (Phi) is 2.94. The van der Waals surface area contributed by atoms with Crippen molar-refractivity contribution in [2.75, 3.05) is 0 Å². The van der Waals surface area contributed by atoms with Crippen molar-refractivity contribution in [1.82, 2.24) is 0 Å². The third kappa shape index (κ3) is 2.49. The maximum atomic E-state index is 10.7. The van der Waals surface area contributed by atoms with E-state index in [1.165, 1.54) is 0 Å². The third-order valence-corrected chi connectivity index (χ3v) is 2.58. The van der Waals surface area contributed by atoms with Crippen LogP contribution in [0.25, 0.3) is 10.8 Å². The van der Waals surface area contributed by atoms with Gasteiger partial charge in [-0.3, -0.25) is 4.79 Å². The summed E-state index contributed by atoms with van der Waals surface area (Å²) in [5.41, 5.74) is 0.921. The minimum atomic E-state index is -0.344. The summed E-state index contributed by atoms with van der Waals surface area (Å²) in [6.45, 7) is 0. The standard InChI is InChI=1S/C12H8Cl2O/c13-11-4-3-9-5-8(6-12(14)15)1-2-10(9)7-11/h1-5,7H,6H2. The smallest absolute Gasteiger partial charge is 0.226 e. The summed E-state index contributed by atoms with van der Waals surface area (Å²) in [4.78, 5) is 10.7. The fraction of sp³-hybridized carbons (Fsp3) is 0.0833. The van der Waals surface area contributed by atoms with Crippen LogP contribution in [0, 0.1) is 0 Å². The Hall–Kier alpha value is -1.05. The summed E-state index contributed by atoms with van der Waals surface area (Å²) in [6, 6.07) is 11.4. The van der Waals surface area contributed by atoms with Gasteiger partial charge in [-0.15, -0.1) is 0 Å². The number of halogens is 2. The lowest BCUT2D eigenvalue weighted by Gasteiger charge is -2.01. The molecule has 0 heterocycles. The molecule has 0 radical (unpaired) electrons. The first-order valence-corrected chi connectivity index (χ1v) is 5.27. The first kappa shape index (κ1) is 10.5. The first-order valence-electron chi connectivity index (χ1n) is 4.52. The highest BCUT2D eigenvalue weighted by Crippen LogP contribution is 2.20. The summed E-state index contributed by atoms with van der Waals surface area (Å²) in [5.74, 6) is 0. The van der Waals surface area contributed by atoms with Gasteiger partial charge in [0.2, 0.25) is 5.24 Å². The van der Waals surface area contributed by atoms with E-state index in [0.717, 1.165) is 16.3 Å². The lowest BCUT2D eigenvalue weighted by molar-refractivity contribution is -0.111. The van der Waals surface area contributed by atoms with E-state index in [-0.39, 0.29) is 11.7 Å². The van der Waals surface area contributed by atoms with Crippen molar-refractivity contribution in [2.24, 2.45) is 0 Å². The Balaban J connectivity index is 2.47. The lowest BCUT2D eigenvalue weighted by atomic mass is 10.1. The number of hydrogen-bond donors (Lipinski definition) is 0.